The summed E-state index contributed by atoms with van der Waals surface area (Å²) in [7, 11) is 0. The van der Waals surface area contributed by atoms with Gasteiger partial charge in [-0.05, 0) is 18.6 Å². The molecule has 0 heterocycles. The molecule has 0 aliphatic heterocycles. The van der Waals surface area contributed by atoms with E-state index in [4.69, 9.17) is 16.3 Å². The van der Waals surface area contributed by atoms with Gasteiger partial charge in [0.15, 0.2) is 0 Å². The summed E-state index contributed by atoms with van der Waals surface area (Å²) in [5, 5.41) is 3.32. The molecule has 1 amide bonds. The molecule has 0 aromatic heterocycles. The van der Waals surface area contributed by atoms with Crippen LogP contribution in [-0.2, 0) is 4.79 Å². The van der Waals surface area contributed by atoms with E-state index in [2.05, 4.69) is 11.9 Å². The Labute approximate surface area is 106 Å². The molecule has 0 aliphatic carbocycles. The Balaban J connectivity index is 2.21. The number of benzene rings is 1. The number of nitrogens with one attached hydrogen (secondary N) is 1. The molecule has 0 atom stereocenters. The van der Waals surface area contributed by atoms with Crippen LogP contribution in [-0.4, -0.2) is 19.1 Å². The Morgan fingerprint density at radius 2 is 2.24 bits per heavy atom. The summed E-state index contributed by atoms with van der Waals surface area (Å²) in [4.78, 5) is 11.3. The van der Waals surface area contributed by atoms with Gasteiger partial charge in [-0.2, -0.15) is 0 Å². The van der Waals surface area contributed by atoms with Crippen molar-refractivity contribution in [2.24, 2.45) is 0 Å². The molecule has 0 bridgehead atoms. The molecular formula is C13H16ClNO2. The Morgan fingerprint density at radius 3 is 2.94 bits per heavy atom. The van der Waals surface area contributed by atoms with Crippen molar-refractivity contribution in [1.29, 1.82) is 0 Å². The van der Waals surface area contributed by atoms with Gasteiger partial charge < -0.3 is 10.1 Å². The summed E-state index contributed by atoms with van der Waals surface area (Å²) in [5.74, 6) is 0.576. The Kier molecular flexibility index (Phi) is 6.18. The van der Waals surface area contributed by atoms with Crippen molar-refractivity contribution < 1.29 is 9.53 Å². The highest BCUT2D eigenvalue weighted by Gasteiger charge is 2.03. The zero-order valence-electron chi connectivity index (χ0n) is 9.62. The van der Waals surface area contributed by atoms with E-state index in [0.717, 1.165) is 6.42 Å². The highest BCUT2D eigenvalue weighted by atomic mass is 35.5. The number of ether oxygens (including phenoxy) is 1. The van der Waals surface area contributed by atoms with E-state index in [0.29, 0.717) is 30.3 Å². The third-order valence-corrected chi connectivity index (χ3v) is 2.41. The lowest BCUT2D eigenvalue weighted by atomic mass is 10.3. The van der Waals surface area contributed by atoms with Gasteiger partial charge in [0, 0.05) is 6.54 Å². The normalized spacial score (nSPS) is 9.71. The fourth-order valence-electron chi connectivity index (χ4n) is 1.22. The molecule has 0 fully saturated rings. The van der Waals surface area contributed by atoms with Gasteiger partial charge in [-0.25, -0.2) is 0 Å². The quantitative estimate of drug-likeness (QED) is 0.599. The van der Waals surface area contributed by atoms with Gasteiger partial charge >= 0.3 is 0 Å². The van der Waals surface area contributed by atoms with E-state index in [-0.39, 0.29) is 5.91 Å². The van der Waals surface area contributed by atoms with Crippen LogP contribution in [0.4, 0.5) is 0 Å². The number of hydrogen-bond donors (Lipinski definition) is 1. The highest BCUT2D eigenvalue weighted by molar-refractivity contribution is 6.32. The molecule has 1 rings (SSSR count). The van der Waals surface area contributed by atoms with Crippen LogP contribution in [0.3, 0.4) is 0 Å². The number of hydrogen-bond acceptors (Lipinski definition) is 2. The summed E-state index contributed by atoms with van der Waals surface area (Å²) in [5.41, 5.74) is 0. The fraction of sp³-hybridized carbons (Fsp3) is 0.308. The molecule has 0 unspecified atom stereocenters. The van der Waals surface area contributed by atoms with Crippen LogP contribution in [0.25, 0.3) is 0 Å². The van der Waals surface area contributed by atoms with Crippen LogP contribution < -0.4 is 10.1 Å². The van der Waals surface area contributed by atoms with E-state index >= 15 is 0 Å². The lowest BCUT2D eigenvalue weighted by Crippen LogP contribution is -2.25. The van der Waals surface area contributed by atoms with E-state index in [1.54, 1.807) is 18.2 Å². The molecule has 92 valence electrons. The van der Waals surface area contributed by atoms with Crippen LogP contribution in [0, 0.1) is 0 Å². The molecule has 0 spiro atoms. The molecule has 3 nitrogen and oxygen atoms in total. The van der Waals surface area contributed by atoms with Gasteiger partial charge in [-0.1, -0.05) is 29.8 Å². The Bertz CT molecular complexity index is 379. The van der Waals surface area contributed by atoms with Gasteiger partial charge in [-0.3, -0.25) is 4.79 Å². The van der Waals surface area contributed by atoms with Gasteiger partial charge in [0.25, 0.3) is 0 Å². The highest BCUT2D eigenvalue weighted by Crippen LogP contribution is 2.22. The number of amides is 1. The Hall–Kier alpha value is -1.48. The number of para-hydroxylation sites is 1. The standard InChI is InChI=1S/C13H16ClNO2/c1-2-3-9-15-13(16)8-10-17-12-7-5-4-6-11(12)14/h2,4-7H,1,3,8-10H2,(H,15,16). The van der Waals surface area contributed by atoms with Crippen molar-refractivity contribution in [3.8, 4) is 5.75 Å². The average Bonchev–Trinajstić information content (AvgIpc) is 2.32. The van der Waals surface area contributed by atoms with E-state index in [1.807, 2.05) is 12.1 Å². The first-order chi connectivity index (χ1) is 8.24. The monoisotopic (exact) mass is 253 g/mol. The largest absolute Gasteiger partial charge is 0.491 e. The van der Waals surface area contributed by atoms with Crippen molar-refractivity contribution in [1.82, 2.24) is 5.32 Å². The second kappa shape index (κ2) is 7.74. The van der Waals surface area contributed by atoms with Crippen LogP contribution in [0.15, 0.2) is 36.9 Å². The number of carbonyl (C=O) groups is 1. The number of halogens is 1. The first-order valence-corrected chi connectivity index (χ1v) is 5.86. The first-order valence-electron chi connectivity index (χ1n) is 5.49. The molecule has 1 N–H and O–H groups in total. The van der Waals surface area contributed by atoms with Crippen molar-refractivity contribution >= 4 is 17.5 Å². The van der Waals surface area contributed by atoms with Crippen LogP contribution in [0.1, 0.15) is 12.8 Å². The van der Waals surface area contributed by atoms with Gasteiger partial charge in [-0.15, -0.1) is 6.58 Å². The zero-order chi connectivity index (χ0) is 12.5. The average molecular weight is 254 g/mol. The van der Waals surface area contributed by atoms with Crippen molar-refractivity contribution in [3.63, 3.8) is 0 Å². The molecule has 17 heavy (non-hydrogen) atoms. The molecular weight excluding hydrogens is 238 g/mol. The molecule has 4 heteroatoms. The summed E-state index contributed by atoms with van der Waals surface area (Å²) < 4.78 is 5.40. The van der Waals surface area contributed by atoms with E-state index < -0.39 is 0 Å². The van der Waals surface area contributed by atoms with Crippen molar-refractivity contribution in [2.75, 3.05) is 13.2 Å². The SMILES string of the molecule is C=CCCNC(=O)CCOc1ccccc1Cl. The van der Waals surface area contributed by atoms with Crippen molar-refractivity contribution in [3.05, 3.63) is 41.9 Å². The summed E-state index contributed by atoms with van der Waals surface area (Å²) in [6.45, 7) is 4.52. The van der Waals surface area contributed by atoms with Crippen LogP contribution in [0.2, 0.25) is 5.02 Å². The third kappa shape index (κ3) is 5.41. The molecule has 0 saturated carbocycles. The first kappa shape index (κ1) is 13.6. The minimum absolute atomic E-state index is 0.0288. The maximum Gasteiger partial charge on any atom is 0.223 e. The predicted octanol–water partition coefficient (Wildman–Crippen LogP) is 2.80. The minimum atomic E-state index is -0.0288. The van der Waals surface area contributed by atoms with Crippen molar-refractivity contribution in [2.45, 2.75) is 12.8 Å². The minimum Gasteiger partial charge on any atom is -0.491 e. The maximum atomic E-state index is 11.3. The topological polar surface area (TPSA) is 38.3 Å². The van der Waals surface area contributed by atoms with Gasteiger partial charge in [0.05, 0.1) is 18.1 Å². The molecule has 1 aromatic rings. The number of rotatable bonds is 7. The molecule has 0 radical (unpaired) electrons. The smallest absolute Gasteiger partial charge is 0.223 e. The summed E-state index contributed by atoms with van der Waals surface area (Å²) >= 11 is 5.91. The summed E-state index contributed by atoms with van der Waals surface area (Å²) in [6.07, 6.45) is 2.86. The van der Waals surface area contributed by atoms with E-state index in [1.165, 1.54) is 0 Å². The maximum absolute atomic E-state index is 11.3. The van der Waals surface area contributed by atoms with Gasteiger partial charge in [0.2, 0.25) is 5.91 Å². The van der Waals surface area contributed by atoms with Crippen LogP contribution >= 0.6 is 11.6 Å². The lowest BCUT2D eigenvalue weighted by Gasteiger charge is -2.07. The third-order valence-electron chi connectivity index (χ3n) is 2.09. The molecule has 0 saturated heterocycles. The van der Waals surface area contributed by atoms with E-state index in [9.17, 15) is 4.79 Å². The molecule has 1 aromatic carbocycles. The number of carbonyl (C=O) groups excluding carboxylic acids is 1. The Morgan fingerprint density at radius 1 is 1.47 bits per heavy atom. The predicted molar refractivity (Wildman–Crippen MR) is 69.4 cm³/mol. The molecule has 0 aliphatic rings. The zero-order valence-corrected chi connectivity index (χ0v) is 10.4. The fourth-order valence-corrected chi connectivity index (χ4v) is 1.41. The van der Waals surface area contributed by atoms with Gasteiger partial charge in [0.1, 0.15) is 5.75 Å². The van der Waals surface area contributed by atoms with Crippen LogP contribution in [0.5, 0.6) is 5.75 Å². The second-order valence-electron chi connectivity index (χ2n) is 3.46. The lowest BCUT2D eigenvalue weighted by molar-refractivity contribution is -0.121. The second-order valence-corrected chi connectivity index (χ2v) is 3.86. The summed E-state index contributed by atoms with van der Waals surface area (Å²) in [6, 6.07) is 7.20.